The van der Waals surface area contributed by atoms with E-state index in [2.05, 4.69) is 4.72 Å². The van der Waals surface area contributed by atoms with Gasteiger partial charge in [0.25, 0.3) is 0 Å². The van der Waals surface area contributed by atoms with Crippen molar-refractivity contribution in [3.05, 3.63) is 29.8 Å². The van der Waals surface area contributed by atoms with E-state index in [0.717, 1.165) is 12.5 Å². The Labute approximate surface area is 117 Å². The second-order valence-electron chi connectivity index (χ2n) is 4.07. The summed E-state index contributed by atoms with van der Waals surface area (Å²) >= 11 is 1.66. The van der Waals surface area contributed by atoms with Gasteiger partial charge in [-0.1, -0.05) is 13.0 Å². The van der Waals surface area contributed by atoms with Crippen molar-refractivity contribution in [2.24, 2.45) is 0 Å². The monoisotopic (exact) mass is 303 g/mol. The third-order valence-corrected chi connectivity index (χ3v) is 5.14. The highest BCUT2D eigenvalue weighted by atomic mass is 32.2. The number of carbonyl (C=O) groups is 1. The molecule has 0 radical (unpaired) electrons. The van der Waals surface area contributed by atoms with Gasteiger partial charge < -0.3 is 5.11 Å². The average Bonchev–Trinajstić information content (AvgIpc) is 2.38. The fraction of sp³-hybridized carbons (Fsp3) is 0.417. The largest absolute Gasteiger partial charge is 0.478 e. The van der Waals surface area contributed by atoms with E-state index >= 15 is 0 Å². The zero-order valence-electron chi connectivity index (χ0n) is 10.8. The van der Waals surface area contributed by atoms with Gasteiger partial charge in [0.15, 0.2) is 0 Å². The Kier molecular flexibility index (Phi) is 5.84. The minimum Gasteiger partial charge on any atom is -0.478 e. The Morgan fingerprint density at radius 1 is 1.47 bits per heavy atom. The van der Waals surface area contributed by atoms with Crippen LogP contribution >= 0.6 is 11.8 Å². The highest BCUT2D eigenvalue weighted by molar-refractivity contribution is 7.99. The van der Waals surface area contributed by atoms with Crippen molar-refractivity contribution < 1.29 is 18.3 Å². The number of aromatic carboxylic acids is 1. The van der Waals surface area contributed by atoms with Crippen LogP contribution in [0.15, 0.2) is 29.2 Å². The van der Waals surface area contributed by atoms with Crippen LogP contribution in [0.1, 0.15) is 23.7 Å². The number of hydrogen-bond donors (Lipinski definition) is 2. The molecule has 1 unspecified atom stereocenters. The first-order valence-corrected chi connectivity index (χ1v) is 8.49. The van der Waals surface area contributed by atoms with Crippen LogP contribution in [0.2, 0.25) is 0 Å². The molecule has 0 saturated carbocycles. The number of carboxylic acids is 1. The van der Waals surface area contributed by atoms with Gasteiger partial charge in [-0.05, 0) is 30.9 Å². The van der Waals surface area contributed by atoms with Gasteiger partial charge in [-0.15, -0.1) is 0 Å². The van der Waals surface area contributed by atoms with Gasteiger partial charge in [-0.3, -0.25) is 0 Å². The Morgan fingerprint density at radius 3 is 2.74 bits per heavy atom. The second kappa shape index (κ2) is 6.93. The molecule has 0 bridgehead atoms. The summed E-state index contributed by atoms with van der Waals surface area (Å²) < 4.78 is 26.4. The Hall–Kier alpha value is -1.05. The molecule has 0 aliphatic heterocycles. The van der Waals surface area contributed by atoms with Gasteiger partial charge in [0.2, 0.25) is 10.0 Å². The molecule has 0 amide bonds. The number of rotatable bonds is 7. The minimum absolute atomic E-state index is 0.0239. The summed E-state index contributed by atoms with van der Waals surface area (Å²) in [6.07, 6.45) is 2.69. The number of hydrogen-bond acceptors (Lipinski definition) is 4. The van der Waals surface area contributed by atoms with Crippen molar-refractivity contribution in [3.63, 3.8) is 0 Å². The number of sulfonamides is 1. The molecule has 1 atom stereocenters. The van der Waals surface area contributed by atoms with E-state index in [1.165, 1.54) is 18.2 Å². The third-order valence-electron chi connectivity index (χ3n) is 2.64. The minimum atomic E-state index is -3.64. The van der Waals surface area contributed by atoms with E-state index < -0.39 is 16.0 Å². The van der Waals surface area contributed by atoms with Gasteiger partial charge in [0.1, 0.15) is 0 Å². The number of nitrogens with one attached hydrogen (secondary N) is 1. The Bertz CT molecular complexity index is 542. The maximum atomic E-state index is 12.0. The van der Waals surface area contributed by atoms with Gasteiger partial charge in [-0.2, -0.15) is 11.8 Å². The molecule has 0 spiro atoms. The van der Waals surface area contributed by atoms with Gasteiger partial charge in [-0.25, -0.2) is 17.9 Å². The molecule has 0 saturated heterocycles. The van der Waals surface area contributed by atoms with Crippen molar-refractivity contribution >= 4 is 27.8 Å². The maximum Gasteiger partial charge on any atom is 0.335 e. The Morgan fingerprint density at radius 2 is 2.16 bits per heavy atom. The van der Waals surface area contributed by atoms with E-state index in [-0.39, 0.29) is 10.5 Å². The van der Waals surface area contributed by atoms with E-state index in [1.807, 2.05) is 13.2 Å². The molecular formula is C12H17NO4S2. The molecule has 1 aromatic carbocycles. The molecule has 106 valence electrons. The number of carboxylic acid groups (broad SMARTS) is 1. The van der Waals surface area contributed by atoms with Crippen molar-refractivity contribution in [3.8, 4) is 0 Å². The number of benzene rings is 1. The van der Waals surface area contributed by atoms with Crippen molar-refractivity contribution in [2.75, 3.05) is 12.8 Å². The normalized spacial score (nSPS) is 13.2. The van der Waals surface area contributed by atoms with Crippen molar-refractivity contribution in [2.45, 2.75) is 23.5 Å². The second-order valence-corrected chi connectivity index (χ2v) is 7.11. The molecule has 7 heteroatoms. The van der Waals surface area contributed by atoms with Crippen LogP contribution in [-0.4, -0.2) is 37.5 Å². The fourth-order valence-electron chi connectivity index (χ4n) is 1.39. The molecular weight excluding hydrogens is 286 g/mol. The lowest BCUT2D eigenvalue weighted by atomic mass is 10.2. The topological polar surface area (TPSA) is 83.5 Å². The summed E-state index contributed by atoms with van der Waals surface area (Å²) in [5.41, 5.74) is -0.0413. The van der Waals surface area contributed by atoms with Crippen LogP contribution in [0, 0.1) is 0 Å². The highest BCUT2D eigenvalue weighted by Crippen LogP contribution is 2.13. The summed E-state index contributed by atoms with van der Waals surface area (Å²) in [5.74, 6) is -1.15. The molecule has 0 heterocycles. The van der Waals surface area contributed by atoms with Gasteiger partial charge >= 0.3 is 5.97 Å². The van der Waals surface area contributed by atoms with Crippen LogP contribution in [-0.2, 0) is 10.0 Å². The molecule has 0 aliphatic carbocycles. The van der Waals surface area contributed by atoms with Crippen LogP contribution in [0.3, 0.4) is 0 Å². The lowest BCUT2D eigenvalue weighted by Gasteiger charge is -2.10. The van der Waals surface area contributed by atoms with Crippen LogP contribution in [0.5, 0.6) is 0 Å². The van der Waals surface area contributed by atoms with E-state index in [4.69, 9.17) is 5.11 Å². The molecule has 0 aromatic heterocycles. The molecule has 2 N–H and O–H groups in total. The summed E-state index contributed by atoms with van der Waals surface area (Å²) in [6.45, 7) is 2.35. The smallest absolute Gasteiger partial charge is 0.335 e. The highest BCUT2D eigenvalue weighted by Gasteiger charge is 2.15. The summed E-state index contributed by atoms with van der Waals surface area (Å²) in [4.78, 5) is 10.8. The molecule has 19 heavy (non-hydrogen) atoms. The average molecular weight is 303 g/mol. The fourth-order valence-corrected chi connectivity index (χ4v) is 2.84. The molecule has 5 nitrogen and oxygen atoms in total. The van der Waals surface area contributed by atoms with E-state index in [9.17, 15) is 13.2 Å². The zero-order valence-corrected chi connectivity index (χ0v) is 12.4. The zero-order chi connectivity index (χ0) is 14.5. The third kappa shape index (κ3) is 4.85. The quantitative estimate of drug-likeness (QED) is 0.802. The van der Waals surface area contributed by atoms with Crippen LogP contribution in [0.25, 0.3) is 0 Å². The van der Waals surface area contributed by atoms with Gasteiger partial charge in [0, 0.05) is 11.8 Å². The van der Waals surface area contributed by atoms with Gasteiger partial charge in [0.05, 0.1) is 10.5 Å². The molecule has 1 aromatic rings. The van der Waals surface area contributed by atoms with Crippen molar-refractivity contribution in [1.29, 1.82) is 0 Å². The van der Waals surface area contributed by atoms with E-state index in [0.29, 0.717) is 11.8 Å². The first kappa shape index (κ1) is 16.0. The van der Waals surface area contributed by atoms with E-state index in [1.54, 1.807) is 11.8 Å². The lowest BCUT2D eigenvalue weighted by molar-refractivity contribution is 0.0696. The predicted molar refractivity (Wildman–Crippen MR) is 76.2 cm³/mol. The predicted octanol–water partition coefficient (Wildman–Crippen LogP) is 1.80. The number of thioether (sulfide) groups is 1. The summed E-state index contributed by atoms with van der Waals surface area (Å²) in [5, 5.41) is 9.21. The maximum absolute atomic E-state index is 12.0. The van der Waals surface area contributed by atoms with Crippen LogP contribution < -0.4 is 4.72 Å². The molecule has 0 aliphatic rings. The van der Waals surface area contributed by atoms with Crippen LogP contribution in [0.4, 0.5) is 0 Å². The Balaban J connectivity index is 2.77. The standard InChI is InChI=1S/C12H17NO4S2/c1-9(18-2)6-7-13-19(16,17)11-5-3-4-10(8-11)12(14)15/h3-5,8-9,13H,6-7H2,1-2H3,(H,14,15). The van der Waals surface area contributed by atoms with Crippen molar-refractivity contribution in [1.82, 2.24) is 4.72 Å². The SMILES string of the molecule is CSC(C)CCNS(=O)(=O)c1cccc(C(=O)O)c1. The first-order valence-electron chi connectivity index (χ1n) is 5.72. The summed E-state index contributed by atoms with van der Waals surface area (Å²) in [6, 6.07) is 5.31. The molecule has 0 fully saturated rings. The summed E-state index contributed by atoms with van der Waals surface area (Å²) in [7, 11) is -3.64. The first-order chi connectivity index (χ1) is 8.86. The lowest BCUT2D eigenvalue weighted by Crippen LogP contribution is -2.26. The molecule has 1 rings (SSSR count).